The molecule has 6 heteroatoms. The molecule has 0 saturated heterocycles. The van der Waals surface area contributed by atoms with Gasteiger partial charge in [0.15, 0.2) is 0 Å². The minimum absolute atomic E-state index is 0.638. The lowest BCUT2D eigenvalue weighted by Gasteiger charge is -2.29. The van der Waals surface area contributed by atoms with Crippen molar-refractivity contribution < 1.29 is 0 Å². The van der Waals surface area contributed by atoms with Crippen molar-refractivity contribution in [2.24, 2.45) is 0 Å². The van der Waals surface area contributed by atoms with Crippen molar-refractivity contribution in [1.82, 2.24) is 14.5 Å². The van der Waals surface area contributed by atoms with Crippen molar-refractivity contribution >= 4 is 33.3 Å². The fourth-order valence-electron chi connectivity index (χ4n) is 1.99. The highest BCUT2D eigenvalue weighted by Crippen LogP contribution is 2.28. The Morgan fingerprint density at radius 2 is 2.18 bits per heavy atom. The van der Waals surface area contributed by atoms with Gasteiger partial charge < -0.3 is 9.47 Å². The highest BCUT2D eigenvalue weighted by Gasteiger charge is 2.19. The minimum atomic E-state index is 0.638. The van der Waals surface area contributed by atoms with Crippen molar-refractivity contribution in [2.45, 2.75) is 13.1 Å². The van der Waals surface area contributed by atoms with Crippen molar-refractivity contribution in [1.29, 1.82) is 0 Å². The summed E-state index contributed by atoms with van der Waals surface area (Å²) in [6.07, 6.45) is 5.52. The molecule has 0 aliphatic carbocycles. The van der Waals surface area contributed by atoms with E-state index in [9.17, 15) is 0 Å². The number of halogens is 2. The van der Waals surface area contributed by atoms with Crippen LogP contribution in [-0.4, -0.2) is 21.1 Å². The molecule has 0 spiro atoms. The molecule has 1 aliphatic heterocycles. The van der Waals surface area contributed by atoms with E-state index in [4.69, 9.17) is 11.6 Å². The van der Waals surface area contributed by atoms with E-state index in [1.807, 2.05) is 18.5 Å². The Balaban J connectivity index is 1.91. The third-order valence-electron chi connectivity index (χ3n) is 2.83. The lowest BCUT2D eigenvalue weighted by atomic mass is 10.3. The van der Waals surface area contributed by atoms with Gasteiger partial charge in [-0.05, 0) is 22.0 Å². The zero-order chi connectivity index (χ0) is 11.8. The molecule has 2 aromatic heterocycles. The standard InChI is InChI=1S/C11H10BrClN4/c12-9-5-8(13)6-15-11(9)17-4-3-16-2-1-14-10(16)7-17/h1-2,5-6H,3-4,7H2. The Labute approximate surface area is 112 Å². The fraction of sp³-hybridized carbons (Fsp3) is 0.273. The molecular weight excluding hydrogens is 304 g/mol. The maximum absolute atomic E-state index is 5.89. The molecular formula is C11H10BrClN4. The van der Waals surface area contributed by atoms with Gasteiger partial charge in [0.1, 0.15) is 11.6 Å². The summed E-state index contributed by atoms with van der Waals surface area (Å²) in [4.78, 5) is 10.9. The quantitative estimate of drug-likeness (QED) is 0.812. The van der Waals surface area contributed by atoms with E-state index in [0.717, 1.165) is 35.7 Å². The molecule has 0 atom stereocenters. The van der Waals surface area contributed by atoms with Gasteiger partial charge in [-0.3, -0.25) is 0 Å². The number of pyridine rings is 1. The SMILES string of the molecule is Clc1cnc(N2CCn3ccnc3C2)c(Br)c1. The summed E-state index contributed by atoms with van der Waals surface area (Å²) >= 11 is 9.39. The summed E-state index contributed by atoms with van der Waals surface area (Å²) in [7, 11) is 0. The first-order chi connectivity index (χ1) is 8.24. The van der Waals surface area contributed by atoms with Crippen LogP contribution in [0.4, 0.5) is 5.82 Å². The fourth-order valence-corrected chi connectivity index (χ4v) is 2.88. The molecule has 0 saturated carbocycles. The molecule has 0 aromatic carbocycles. The Morgan fingerprint density at radius 3 is 3.00 bits per heavy atom. The van der Waals surface area contributed by atoms with Gasteiger partial charge in [0.2, 0.25) is 0 Å². The highest BCUT2D eigenvalue weighted by atomic mass is 79.9. The molecule has 17 heavy (non-hydrogen) atoms. The molecule has 0 bridgehead atoms. The van der Waals surface area contributed by atoms with Crippen LogP contribution in [0.5, 0.6) is 0 Å². The predicted molar refractivity (Wildman–Crippen MR) is 70.2 cm³/mol. The summed E-state index contributed by atoms with van der Waals surface area (Å²) in [5.74, 6) is 1.99. The van der Waals surface area contributed by atoms with Crippen LogP contribution in [0.2, 0.25) is 5.02 Å². The van der Waals surface area contributed by atoms with E-state index >= 15 is 0 Å². The van der Waals surface area contributed by atoms with Crippen molar-refractivity contribution in [2.75, 3.05) is 11.4 Å². The smallest absolute Gasteiger partial charge is 0.143 e. The molecule has 0 radical (unpaired) electrons. The van der Waals surface area contributed by atoms with Crippen LogP contribution in [0.3, 0.4) is 0 Å². The van der Waals surface area contributed by atoms with E-state index in [0.29, 0.717) is 5.02 Å². The van der Waals surface area contributed by atoms with Crippen molar-refractivity contribution in [3.05, 3.63) is 40.0 Å². The third-order valence-corrected chi connectivity index (χ3v) is 3.62. The second kappa shape index (κ2) is 4.31. The monoisotopic (exact) mass is 312 g/mol. The molecule has 0 unspecified atom stereocenters. The zero-order valence-corrected chi connectivity index (χ0v) is 11.3. The first-order valence-electron chi connectivity index (χ1n) is 5.30. The Bertz CT molecular complexity index is 554. The Morgan fingerprint density at radius 1 is 1.29 bits per heavy atom. The second-order valence-electron chi connectivity index (χ2n) is 3.92. The van der Waals surface area contributed by atoms with Gasteiger partial charge in [-0.1, -0.05) is 11.6 Å². The number of imidazole rings is 1. The number of nitrogens with zero attached hydrogens (tertiary/aromatic N) is 4. The number of fused-ring (bicyclic) bond motifs is 1. The maximum Gasteiger partial charge on any atom is 0.143 e. The van der Waals surface area contributed by atoms with Gasteiger partial charge in [0.25, 0.3) is 0 Å². The van der Waals surface area contributed by atoms with Crippen LogP contribution in [-0.2, 0) is 13.1 Å². The van der Waals surface area contributed by atoms with Crippen LogP contribution >= 0.6 is 27.5 Å². The molecule has 2 aromatic rings. The van der Waals surface area contributed by atoms with Crippen molar-refractivity contribution in [3.63, 3.8) is 0 Å². The molecule has 0 amide bonds. The Hall–Kier alpha value is -1.07. The van der Waals surface area contributed by atoms with Gasteiger partial charge in [-0.15, -0.1) is 0 Å². The van der Waals surface area contributed by atoms with Gasteiger partial charge in [0.05, 0.1) is 16.0 Å². The van der Waals surface area contributed by atoms with Gasteiger partial charge >= 0.3 is 0 Å². The molecule has 88 valence electrons. The van der Waals surface area contributed by atoms with E-state index < -0.39 is 0 Å². The first-order valence-corrected chi connectivity index (χ1v) is 6.47. The number of hydrogen-bond donors (Lipinski definition) is 0. The summed E-state index contributed by atoms with van der Waals surface area (Å²) in [5.41, 5.74) is 0. The van der Waals surface area contributed by atoms with E-state index in [-0.39, 0.29) is 0 Å². The average Bonchev–Trinajstić information content (AvgIpc) is 2.75. The summed E-state index contributed by atoms with van der Waals surface area (Å²) in [5, 5.41) is 0.638. The normalized spacial score (nSPS) is 14.8. The van der Waals surface area contributed by atoms with Crippen LogP contribution in [0.25, 0.3) is 0 Å². The summed E-state index contributed by atoms with van der Waals surface area (Å²) in [6.45, 7) is 2.64. The van der Waals surface area contributed by atoms with Crippen LogP contribution < -0.4 is 4.90 Å². The van der Waals surface area contributed by atoms with Crippen LogP contribution in [0.15, 0.2) is 29.1 Å². The molecule has 1 aliphatic rings. The average molecular weight is 314 g/mol. The van der Waals surface area contributed by atoms with Crippen LogP contribution in [0, 0.1) is 0 Å². The topological polar surface area (TPSA) is 34.0 Å². The molecule has 3 heterocycles. The van der Waals surface area contributed by atoms with E-state index in [1.54, 1.807) is 6.20 Å². The predicted octanol–water partition coefficient (Wildman–Crippen LogP) is 2.71. The Kier molecular flexibility index (Phi) is 2.80. The molecule has 4 nitrogen and oxygen atoms in total. The number of anilines is 1. The third kappa shape index (κ3) is 2.05. The van der Waals surface area contributed by atoms with Gasteiger partial charge in [-0.2, -0.15) is 0 Å². The van der Waals surface area contributed by atoms with E-state index in [2.05, 4.69) is 35.4 Å². The number of rotatable bonds is 1. The lowest BCUT2D eigenvalue weighted by molar-refractivity contribution is 0.555. The minimum Gasteiger partial charge on any atom is -0.346 e. The van der Waals surface area contributed by atoms with Gasteiger partial charge in [-0.25, -0.2) is 9.97 Å². The lowest BCUT2D eigenvalue weighted by Crippen LogP contribution is -2.34. The summed E-state index contributed by atoms with van der Waals surface area (Å²) < 4.78 is 3.09. The van der Waals surface area contributed by atoms with Crippen LogP contribution in [0.1, 0.15) is 5.82 Å². The van der Waals surface area contributed by atoms with Crippen molar-refractivity contribution in [3.8, 4) is 0 Å². The number of hydrogen-bond acceptors (Lipinski definition) is 3. The van der Waals surface area contributed by atoms with E-state index in [1.165, 1.54) is 0 Å². The molecule has 0 fully saturated rings. The maximum atomic E-state index is 5.89. The molecule has 3 rings (SSSR count). The molecule has 0 N–H and O–H groups in total. The summed E-state index contributed by atoms with van der Waals surface area (Å²) in [6, 6.07) is 1.87. The van der Waals surface area contributed by atoms with Gasteiger partial charge in [0, 0.05) is 31.7 Å². The first kappa shape index (κ1) is 11.0. The second-order valence-corrected chi connectivity index (χ2v) is 5.21. The zero-order valence-electron chi connectivity index (χ0n) is 8.98. The highest BCUT2D eigenvalue weighted by molar-refractivity contribution is 9.10. The largest absolute Gasteiger partial charge is 0.346 e. The number of aromatic nitrogens is 3.